The van der Waals surface area contributed by atoms with Gasteiger partial charge in [0.05, 0.1) is 6.10 Å². The first-order chi connectivity index (χ1) is 8.71. The van der Waals surface area contributed by atoms with Crippen molar-refractivity contribution in [1.82, 2.24) is 5.32 Å². The first-order valence-electron chi connectivity index (χ1n) is 7.34. The van der Waals surface area contributed by atoms with Gasteiger partial charge in [-0.15, -0.1) is 12.4 Å². The minimum absolute atomic E-state index is 0. The van der Waals surface area contributed by atoms with E-state index in [2.05, 4.69) is 19.2 Å². The van der Waals surface area contributed by atoms with Crippen LogP contribution >= 0.6 is 12.4 Å². The van der Waals surface area contributed by atoms with Crippen LogP contribution in [-0.4, -0.2) is 31.2 Å². The van der Waals surface area contributed by atoms with Crippen LogP contribution in [-0.2, 0) is 9.53 Å². The number of carbonyl (C=O) groups excluding carboxylic acids is 1. The van der Waals surface area contributed by atoms with Crippen LogP contribution < -0.4 is 11.1 Å². The van der Waals surface area contributed by atoms with Gasteiger partial charge < -0.3 is 15.8 Å². The summed E-state index contributed by atoms with van der Waals surface area (Å²) in [7, 11) is 0. The molecule has 1 rings (SSSR count). The maximum Gasteiger partial charge on any atom is 0.249 e. The average molecular weight is 293 g/mol. The molecule has 0 bridgehead atoms. The number of carbonyl (C=O) groups is 1. The van der Waals surface area contributed by atoms with Gasteiger partial charge in [-0.2, -0.15) is 0 Å². The molecule has 1 saturated heterocycles. The van der Waals surface area contributed by atoms with Gasteiger partial charge in [-0.3, -0.25) is 4.79 Å². The second kappa shape index (κ2) is 10.5. The molecule has 3 N–H and O–H groups in total. The Labute approximate surface area is 123 Å². The Kier molecular flexibility index (Phi) is 10.3. The normalized spacial score (nSPS) is 23.7. The van der Waals surface area contributed by atoms with E-state index in [0.717, 1.165) is 25.8 Å². The molecular formula is C14H29ClN2O2. The summed E-state index contributed by atoms with van der Waals surface area (Å²) in [6.45, 7) is 5.67. The zero-order valence-corrected chi connectivity index (χ0v) is 13.0. The number of hydrogen-bond donors (Lipinski definition) is 2. The maximum absolute atomic E-state index is 11.9. The zero-order chi connectivity index (χ0) is 13.4. The van der Waals surface area contributed by atoms with Crippen molar-refractivity contribution in [1.29, 1.82) is 0 Å². The van der Waals surface area contributed by atoms with E-state index in [-0.39, 0.29) is 30.5 Å². The quantitative estimate of drug-likeness (QED) is 0.721. The van der Waals surface area contributed by atoms with Crippen LogP contribution in [0.25, 0.3) is 0 Å². The highest BCUT2D eigenvalue weighted by molar-refractivity contribution is 5.85. The minimum atomic E-state index is -0.276. The predicted octanol–water partition coefficient (Wildman–Crippen LogP) is 2.25. The molecule has 5 heteroatoms. The van der Waals surface area contributed by atoms with Crippen LogP contribution in [0.4, 0.5) is 0 Å². The number of halogens is 1. The van der Waals surface area contributed by atoms with Crippen LogP contribution in [0, 0.1) is 5.92 Å². The lowest BCUT2D eigenvalue weighted by Gasteiger charge is -2.17. The summed E-state index contributed by atoms with van der Waals surface area (Å²) in [5, 5.41) is 3.02. The number of nitrogens with two attached hydrogens (primary N) is 1. The van der Waals surface area contributed by atoms with E-state index >= 15 is 0 Å². The molecule has 0 aromatic heterocycles. The van der Waals surface area contributed by atoms with Crippen LogP contribution in [0.3, 0.4) is 0 Å². The highest BCUT2D eigenvalue weighted by Gasteiger charge is 2.29. The van der Waals surface area contributed by atoms with Gasteiger partial charge >= 0.3 is 0 Å². The maximum atomic E-state index is 11.9. The highest BCUT2D eigenvalue weighted by Crippen LogP contribution is 2.19. The number of amides is 1. The number of unbranched alkanes of at least 4 members (excludes halogenated alkanes) is 1. The number of nitrogens with one attached hydrogen (secondary N) is 1. The summed E-state index contributed by atoms with van der Waals surface area (Å²) in [6, 6.07) is 0. The Balaban J connectivity index is 0.00000324. The summed E-state index contributed by atoms with van der Waals surface area (Å²) in [6.07, 6.45) is 6.28. The molecule has 1 heterocycles. The van der Waals surface area contributed by atoms with Gasteiger partial charge in [0, 0.05) is 13.1 Å². The fourth-order valence-corrected chi connectivity index (χ4v) is 2.37. The number of rotatable bonds is 8. The Morgan fingerprint density at radius 3 is 2.68 bits per heavy atom. The van der Waals surface area contributed by atoms with Crippen molar-refractivity contribution in [2.75, 3.05) is 13.1 Å². The number of ether oxygens (including phenoxy) is 1. The lowest BCUT2D eigenvalue weighted by atomic mass is 9.99. The van der Waals surface area contributed by atoms with E-state index in [1.165, 1.54) is 19.3 Å². The van der Waals surface area contributed by atoms with E-state index < -0.39 is 0 Å². The van der Waals surface area contributed by atoms with Crippen LogP contribution in [0.1, 0.15) is 52.4 Å². The second-order valence-corrected chi connectivity index (χ2v) is 5.22. The fourth-order valence-electron chi connectivity index (χ4n) is 2.37. The SMILES string of the molecule is CCCCC(CC)CNC(=O)[C@@H]1CC[C@H](CN)O1.Cl. The first-order valence-corrected chi connectivity index (χ1v) is 7.34. The van der Waals surface area contributed by atoms with E-state index in [0.29, 0.717) is 12.5 Å². The summed E-state index contributed by atoms with van der Waals surface area (Å²) in [5.74, 6) is 0.640. The molecule has 0 aromatic rings. The van der Waals surface area contributed by atoms with Crippen molar-refractivity contribution < 1.29 is 9.53 Å². The van der Waals surface area contributed by atoms with E-state index in [1.54, 1.807) is 0 Å². The molecule has 1 amide bonds. The van der Waals surface area contributed by atoms with Gasteiger partial charge in [0.2, 0.25) is 5.91 Å². The molecule has 114 valence electrons. The summed E-state index contributed by atoms with van der Waals surface area (Å²) in [4.78, 5) is 11.9. The lowest BCUT2D eigenvalue weighted by molar-refractivity contribution is -0.132. The Morgan fingerprint density at radius 1 is 1.42 bits per heavy atom. The van der Waals surface area contributed by atoms with Crippen molar-refractivity contribution in [3.8, 4) is 0 Å². The van der Waals surface area contributed by atoms with Gasteiger partial charge in [0.15, 0.2) is 0 Å². The lowest BCUT2D eigenvalue weighted by Crippen LogP contribution is -2.38. The molecule has 0 saturated carbocycles. The largest absolute Gasteiger partial charge is 0.364 e. The van der Waals surface area contributed by atoms with Crippen molar-refractivity contribution in [2.24, 2.45) is 11.7 Å². The molecule has 0 radical (unpaired) electrons. The third-order valence-corrected chi connectivity index (χ3v) is 3.77. The summed E-state index contributed by atoms with van der Waals surface area (Å²) >= 11 is 0. The molecule has 0 aliphatic carbocycles. The average Bonchev–Trinajstić information content (AvgIpc) is 2.87. The number of hydrogen-bond acceptors (Lipinski definition) is 3. The molecule has 1 fully saturated rings. The van der Waals surface area contributed by atoms with Crippen molar-refractivity contribution in [2.45, 2.75) is 64.6 Å². The topological polar surface area (TPSA) is 64.4 Å². The smallest absolute Gasteiger partial charge is 0.249 e. The van der Waals surface area contributed by atoms with Gasteiger partial charge in [0.25, 0.3) is 0 Å². The molecule has 4 nitrogen and oxygen atoms in total. The first kappa shape index (κ1) is 18.7. The molecule has 19 heavy (non-hydrogen) atoms. The van der Waals surface area contributed by atoms with E-state index in [9.17, 15) is 4.79 Å². The van der Waals surface area contributed by atoms with Crippen LogP contribution in [0.5, 0.6) is 0 Å². The molecule has 3 atom stereocenters. The second-order valence-electron chi connectivity index (χ2n) is 5.22. The van der Waals surface area contributed by atoms with Gasteiger partial charge in [-0.1, -0.05) is 33.1 Å². The summed E-state index contributed by atoms with van der Waals surface area (Å²) < 4.78 is 5.58. The third-order valence-electron chi connectivity index (χ3n) is 3.77. The summed E-state index contributed by atoms with van der Waals surface area (Å²) in [5.41, 5.74) is 5.54. The minimum Gasteiger partial charge on any atom is -0.364 e. The Hall–Kier alpha value is -0.320. The standard InChI is InChI=1S/C14H28N2O2.ClH/c1-3-5-6-11(4-2)10-16-14(17)13-8-7-12(9-15)18-13;/h11-13H,3-10,15H2,1-2H3,(H,16,17);1H/t11?,12-,13+;/m1./s1. The van der Waals surface area contributed by atoms with Gasteiger partial charge in [-0.05, 0) is 25.2 Å². The highest BCUT2D eigenvalue weighted by atomic mass is 35.5. The van der Waals surface area contributed by atoms with Crippen LogP contribution in [0.2, 0.25) is 0 Å². The fraction of sp³-hybridized carbons (Fsp3) is 0.929. The van der Waals surface area contributed by atoms with E-state index in [4.69, 9.17) is 10.5 Å². The zero-order valence-electron chi connectivity index (χ0n) is 12.2. The molecule has 1 unspecified atom stereocenters. The third kappa shape index (κ3) is 6.59. The monoisotopic (exact) mass is 292 g/mol. The van der Waals surface area contributed by atoms with Crippen molar-refractivity contribution in [3.63, 3.8) is 0 Å². The van der Waals surface area contributed by atoms with Crippen molar-refractivity contribution in [3.05, 3.63) is 0 Å². The van der Waals surface area contributed by atoms with Crippen molar-refractivity contribution >= 4 is 18.3 Å². The van der Waals surface area contributed by atoms with Gasteiger partial charge in [0.1, 0.15) is 6.10 Å². The van der Waals surface area contributed by atoms with Crippen LogP contribution in [0.15, 0.2) is 0 Å². The van der Waals surface area contributed by atoms with E-state index in [1.807, 2.05) is 0 Å². The Morgan fingerprint density at radius 2 is 2.16 bits per heavy atom. The molecular weight excluding hydrogens is 264 g/mol. The molecule has 1 aliphatic rings. The predicted molar refractivity (Wildman–Crippen MR) is 80.5 cm³/mol. The Bertz CT molecular complexity index is 252. The molecule has 0 spiro atoms. The van der Waals surface area contributed by atoms with Gasteiger partial charge in [-0.25, -0.2) is 0 Å². The molecule has 0 aromatic carbocycles. The molecule has 1 aliphatic heterocycles.